The molecular weight excluding hydrogens is 178 g/mol. The molecule has 3 nitrogen and oxygen atoms in total. The van der Waals surface area contributed by atoms with E-state index in [1.165, 1.54) is 0 Å². The van der Waals surface area contributed by atoms with E-state index in [0.717, 1.165) is 32.4 Å². The second-order valence-corrected chi connectivity index (χ2v) is 4.82. The monoisotopic (exact) mass is 201 g/mol. The lowest BCUT2D eigenvalue weighted by Gasteiger charge is -2.45. The smallest absolute Gasteiger partial charge is 0.0644 e. The van der Waals surface area contributed by atoms with Crippen LogP contribution in [0.3, 0.4) is 0 Å². The first kappa shape index (κ1) is 12.0. The minimum atomic E-state index is -0.0599. The molecule has 0 saturated carbocycles. The van der Waals surface area contributed by atoms with Crippen LogP contribution in [0.5, 0.6) is 0 Å². The lowest BCUT2D eigenvalue weighted by molar-refractivity contribution is -0.0913. The second-order valence-electron chi connectivity index (χ2n) is 4.82. The molecule has 0 aromatic carbocycles. The Labute approximate surface area is 86.8 Å². The van der Waals surface area contributed by atoms with E-state index >= 15 is 0 Å². The molecule has 1 unspecified atom stereocenters. The van der Waals surface area contributed by atoms with Crippen molar-refractivity contribution in [2.45, 2.75) is 51.2 Å². The number of hydrogen-bond donors (Lipinski definition) is 2. The lowest BCUT2D eigenvalue weighted by Crippen LogP contribution is -2.55. The van der Waals surface area contributed by atoms with Gasteiger partial charge in [0.05, 0.1) is 5.60 Å². The van der Waals surface area contributed by atoms with Crippen molar-refractivity contribution < 1.29 is 9.84 Å². The van der Waals surface area contributed by atoms with Gasteiger partial charge in [0.15, 0.2) is 0 Å². The highest BCUT2D eigenvalue weighted by molar-refractivity contribution is 4.96. The highest BCUT2D eigenvalue weighted by Crippen LogP contribution is 2.33. The van der Waals surface area contributed by atoms with Gasteiger partial charge >= 0.3 is 0 Å². The van der Waals surface area contributed by atoms with Gasteiger partial charge in [-0.2, -0.15) is 0 Å². The van der Waals surface area contributed by atoms with E-state index in [1.54, 1.807) is 0 Å². The summed E-state index contributed by atoms with van der Waals surface area (Å²) in [6.45, 7) is 8.35. The molecule has 0 amide bonds. The molecule has 0 aliphatic carbocycles. The second kappa shape index (κ2) is 4.60. The van der Waals surface area contributed by atoms with E-state index < -0.39 is 0 Å². The summed E-state index contributed by atoms with van der Waals surface area (Å²) < 4.78 is 5.69. The van der Waals surface area contributed by atoms with Crippen LogP contribution in [0.15, 0.2) is 0 Å². The molecule has 1 aliphatic heterocycles. The highest BCUT2D eigenvalue weighted by Gasteiger charge is 2.39. The minimum absolute atomic E-state index is 0.0599. The van der Waals surface area contributed by atoms with Crippen molar-refractivity contribution >= 4 is 0 Å². The van der Waals surface area contributed by atoms with Crippen LogP contribution in [0.2, 0.25) is 0 Å². The number of hydrogen-bond acceptors (Lipinski definition) is 3. The van der Waals surface area contributed by atoms with Crippen LogP contribution in [-0.2, 0) is 4.74 Å². The molecule has 0 aromatic rings. The van der Waals surface area contributed by atoms with E-state index in [2.05, 4.69) is 26.1 Å². The molecule has 14 heavy (non-hydrogen) atoms. The molecule has 2 N–H and O–H groups in total. The van der Waals surface area contributed by atoms with Gasteiger partial charge in [-0.25, -0.2) is 0 Å². The maximum Gasteiger partial charge on any atom is 0.0644 e. The van der Waals surface area contributed by atoms with Gasteiger partial charge < -0.3 is 15.2 Å². The Balaban J connectivity index is 2.65. The number of aliphatic hydroxyl groups is 1. The Morgan fingerprint density at radius 2 is 2.14 bits per heavy atom. The average Bonchev–Trinajstić information content (AvgIpc) is 2.02. The normalized spacial score (nSPS) is 31.7. The van der Waals surface area contributed by atoms with Crippen molar-refractivity contribution in [2.75, 3.05) is 19.8 Å². The van der Waals surface area contributed by atoms with E-state index in [4.69, 9.17) is 9.84 Å². The third kappa shape index (κ3) is 2.94. The molecule has 1 aliphatic rings. The quantitative estimate of drug-likeness (QED) is 0.720. The molecule has 3 heteroatoms. The third-order valence-electron chi connectivity index (χ3n) is 2.98. The van der Waals surface area contributed by atoms with Crippen LogP contribution in [-0.4, -0.2) is 36.0 Å². The summed E-state index contributed by atoms with van der Waals surface area (Å²) in [5, 5.41) is 12.6. The molecule has 1 atom stereocenters. The predicted octanol–water partition coefficient (Wildman–Crippen LogP) is 1.31. The molecule has 84 valence electrons. The van der Waals surface area contributed by atoms with Gasteiger partial charge in [-0.3, -0.25) is 0 Å². The molecule has 1 saturated heterocycles. The molecule has 0 aromatic heterocycles. The summed E-state index contributed by atoms with van der Waals surface area (Å²) in [4.78, 5) is 0. The van der Waals surface area contributed by atoms with Gasteiger partial charge in [0.2, 0.25) is 0 Å². The number of nitrogens with one attached hydrogen (secondary N) is 1. The molecule has 0 spiro atoms. The lowest BCUT2D eigenvalue weighted by atomic mass is 9.79. The van der Waals surface area contributed by atoms with Gasteiger partial charge in [-0.1, -0.05) is 6.92 Å². The average molecular weight is 201 g/mol. The first-order valence-corrected chi connectivity index (χ1v) is 5.53. The summed E-state index contributed by atoms with van der Waals surface area (Å²) >= 11 is 0. The zero-order valence-corrected chi connectivity index (χ0v) is 9.60. The largest absolute Gasteiger partial charge is 0.396 e. The zero-order chi connectivity index (χ0) is 10.7. The Bertz CT molecular complexity index is 169. The van der Waals surface area contributed by atoms with E-state index in [9.17, 15) is 0 Å². The van der Waals surface area contributed by atoms with Crippen molar-refractivity contribution in [1.82, 2.24) is 5.32 Å². The highest BCUT2D eigenvalue weighted by atomic mass is 16.5. The SMILES string of the molecule is CCNC1(CCO)CCOC(C)(C)C1. The summed E-state index contributed by atoms with van der Waals surface area (Å²) in [7, 11) is 0. The van der Waals surface area contributed by atoms with E-state index in [0.29, 0.717) is 0 Å². The summed E-state index contributed by atoms with van der Waals surface area (Å²) in [6.07, 6.45) is 2.81. The Morgan fingerprint density at radius 3 is 2.64 bits per heavy atom. The van der Waals surface area contributed by atoms with Crippen LogP contribution in [0, 0.1) is 0 Å². The Morgan fingerprint density at radius 1 is 1.43 bits per heavy atom. The predicted molar refractivity (Wildman–Crippen MR) is 57.4 cm³/mol. The first-order chi connectivity index (χ1) is 6.54. The fourth-order valence-corrected chi connectivity index (χ4v) is 2.52. The van der Waals surface area contributed by atoms with Crippen molar-refractivity contribution in [1.29, 1.82) is 0 Å². The fraction of sp³-hybridized carbons (Fsp3) is 1.00. The van der Waals surface area contributed by atoms with Crippen molar-refractivity contribution in [3.63, 3.8) is 0 Å². The summed E-state index contributed by atoms with van der Waals surface area (Å²) in [5.41, 5.74) is 0.0286. The molecule has 0 bridgehead atoms. The molecule has 1 rings (SSSR count). The molecule has 1 fully saturated rings. The first-order valence-electron chi connectivity index (χ1n) is 5.53. The van der Waals surface area contributed by atoms with Crippen LogP contribution < -0.4 is 5.32 Å². The van der Waals surface area contributed by atoms with Gasteiger partial charge in [0.25, 0.3) is 0 Å². The number of rotatable bonds is 4. The summed E-state index contributed by atoms with van der Waals surface area (Å²) in [6, 6.07) is 0. The Kier molecular flexibility index (Phi) is 3.93. The topological polar surface area (TPSA) is 41.5 Å². The van der Waals surface area contributed by atoms with E-state index in [1.807, 2.05) is 0 Å². The van der Waals surface area contributed by atoms with Crippen LogP contribution in [0.4, 0.5) is 0 Å². The maximum absolute atomic E-state index is 9.10. The van der Waals surface area contributed by atoms with Gasteiger partial charge in [-0.05, 0) is 39.7 Å². The Hall–Kier alpha value is -0.120. The number of aliphatic hydroxyl groups excluding tert-OH is 1. The number of ether oxygens (including phenoxy) is 1. The van der Waals surface area contributed by atoms with Crippen LogP contribution in [0.1, 0.15) is 40.0 Å². The van der Waals surface area contributed by atoms with Crippen LogP contribution >= 0.6 is 0 Å². The molecule has 0 radical (unpaired) electrons. The van der Waals surface area contributed by atoms with Crippen molar-refractivity contribution in [2.24, 2.45) is 0 Å². The standard InChI is InChI=1S/C11H23NO2/c1-4-12-11(5-7-13)6-8-14-10(2,3)9-11/h12-13H,4-9H2,1-3H3. The third-order valence-corrected chi connectivity index (χ3v) is 2.98. The molecular formula is C11H23NO2. The van der Waals surface area contributed by atoms with Gasteiger partial charge in [-0.15, -0.1) is 0 Å². The zero-order valence-electron chi connectivity index (χ0n) is 9.60. The van der Waals surface area contributed by atoms with Crippen LogP contribution in [0.25, 0.3) is 0 Å². The fourth-order valence-electron chi connectivity index (χ4n) is 2.52. The van der Waals surface area contributed by atoms with Crippen molar-refractivity contribution in [3.8, 4) is 0 Å². The van der Waals surface area contributed by atoms with E-state index in [-0.39, 0.29) is 17.7 Å². The molecule has 1 heterocycles. The minimum Gasteiger partial charge on any atom is -0.396 e. The maximum atomic E-state index is 9.10. The van der Waals surface area contributed by atoms with Crippen molar-refractivity contribution in [3.05, 3.63) is 0 Å². The van der Waals surface area contributed by atoms with Gasteiger partial charge in [0.1, 0.15) is 0 Å². The van der Waals surface area contributed by atoms with Gasteiger partial charge in [0, 0.05) is 18.8 Å². The summed E-state index contributed by atoms with van der Waals surface area (Å²) in [5.74, 6) is 0.